The fourth-order valence-electron chi connectivity index (χ4n) is 1.06. The number of halogens is 1. The molecule has 0 bridgehead atoms. The van der Waals surface area contributed by atoms with E-state index < -0.39 is 0 Å². The lowest BCUT2D eigenvalue weighted by molar-refractivity contribution is 1.49. The van der Waals surface area contributed by atoms with Gasteiger partial charge in [0, 0.05) is 5.02 Å². The summed E-state index contributed by atoms with van der Waals surface area (Å²) in [4.78, 5) is 0. The standard InChI is InChI=1S/C10H11Cl/c1-3-8-5-6-10(11)7-9(8)4-2/h3-7H,1-2H3/b8-3-,9-4-. The molecule has 1 aromatic carbocycles. The molecule has 0 unspecified atom stereocenters. The van der Waals surface area contributed by atoms with Crippen molar-refractivity contribution in [2.75, 3.05) is 0 Å². The van der Waals surface area contributed by atoms with Gasteiger partial charge in [-0.15, -0.1) is 0 Å². The second-order valence-electron chi connectivity index (χ2n) is 2.35. The van der Waals surface area contributed by atoms with Crippen LogP contribution < -0.4 is 10.4 Å². The summed E-state index contributed by atoms with van der Waals surface area (Å²) >= 11 is 5.82. The molecule has 0 atom stereocenters. The monoisotopic (exact) mass is 166 g/mol. The van der Waals surface area contributed by atoms with Gasteiger partial charge in [0.25, 0.3) is 0 Å². The van der Waals surface area contributed by atoms with Gasteiger partial charge >= 0.3 is 0 Å². The molecule has 0 nitrogen and oxygen atoms in total. The predicted octanol–water partition coefficient (Wildman–Crippen LogP) is 1.94. The van der Waals surface area contributed by atoms with Crippen LogP contribution in [0.15, 0.2) is 18.2 Å². The molecule has 0 saturated heterocycles. The summed E-state index contributed by atoms with van der Waals surface area (Å²) in [6.45, 7) is 4.04. The Morgan fingerprint density at radius 2 is 1.73 bits per heavy atom. The molecule has 1 heteroatoms. The molecule has 0 aliphatic carbocycles. The summed E-state index contributed by atoms with van der Waals surface area (Å²) in [5.74, 6) is 0. The van der Waals surface area contributed by atoms with Crippen molar-refractivity contribution in [3.63, 3.8) is 0 Å². The van der Waals surface area contributed by atoms with Crippen molar-refractivity contribution in [1.82, 2.24) is 0 Å². The molecule has 0 aliphatic heterocycles. The highest BCUT2D eigenvalue weighted by molar-refractivity contribution is 6.30. The van der Waals surface area contributed by atoms with Crippen molar-refractivity contribution in [2.24, 2.45) is 0 Å². The van der Waals surface area contributed by atoms with Crippen LogP contribution >= 0.6 is 11.6 Å². The number of rotatable bonds is 0. The van der Waals surface area contributed by atoms with Gasteiger partial charge in [-0.25, -0.2) is 0 Å². The zero-order valence-electron chi connectivity index (χ0n) is 6.76. The van der Waals surface area contributed by atoms with E-state index in [1.54, 1.807) is 0 Å². The van der Waals surface area contributed by atoms with E-state index in [9.17, 15) is 0 Å². The molecular formula is C10H11Cl. The SMILES string of the molecule is C/C=c1/ccc(Cl)c/c1=C/C. The fourth-order valence-corrected chi connectivity index (χ4v) is 1.24. The Morgan fingerprint density at radius 1 is 1.09 bits per heavy atom. The fraction of sp³-hybridized carbons (Fsp3) is 0.200. The van der Waals surface area contributed by atoms with Gasteiger partial charge < -0.3 is 0 Å². The topological polar surface area (TPSA) is 0 Å². The average molecular weight is 167 g/mol. The van der Waals surface area contributed by atoms with Gasteiger partial charge in [-0.2, -0.15) is 0 Å². The predicted molar refractivity (Wildman–Crippen MR) is 51.0 cm³/mol. The first kappa shape index (κ1) is 8.35. The number of benzene rings is 1. The van der Waals surface area contributed by atoms with Gasteiger partial charge in [0.05, 0.1) is 0 Å². The van der Waals surface area contributed by atoms with Crippen molar-refractivity contribution >= 4 is 23.8 Å². The first-order valence-corrected chi connectivity index (χ1v) is 4.04. The highest BCUT2D eigenvalue weighted by Gasteiger charge is 1.85. The van der Waals surface area contributed by atoms with Crippen molar-refractivity contribution in [3.05, 3.63) is 33.7 Å². The Bertz CT molecular complexity index is 350. The molecule has 11 heavy (non-hydrogen) atoms. The third-order valence-electron chi connectivity index (χ3n) is 1.67. The number of hydrogen-bond acceptors (Lipinski definition) is 0. The van der Waals surface area contributed by atoms with E-state index in [0.29, 0.717) is 0 Å². The second kappa shape index (κ2) is 3.59. The Hall–Kier alpha value is -0.750. The Morgan fingerprint density at radius 3 is 2.27 bits per heavy atom. The van der Waals surface area contributed by atoms with E-state index in [-0.39, 0.29) is 0 Å². The molecule has 0 spiro atoms. The quantitative estimate of drug-likeness (QED) is 0.553. The smallest absolute Gasteiger partial charge is 0.0412 e. The second-order valence-corrected chi connectivity index (χ2v) is 2.79. The first-order valence-electron chi connectivity index (χ1n) is 3.66. The van der Waals surface area contributed by atoms with Crippen LogP contribution in [-0.4, -0.2) is 0 Å². The van der Waals surface area contributed by atoms with Crippen LogP contribution in [0.3, 0.4) is 0 Å². The summed E-state index contributed by atoms with van der Waals surface area (Å²) in [5.41, 5.74) is 0. The van der Waals surface area contributed by atoms with Gasteiger partial charge in [-0.1, -0.05) is 29.8 Å². The summed E-state index contributed by atoms with van der Waals surface area (Å²) in [6.07, 6.45) is 4.13. The molecule has 58 valence electrons. The molecule has 1 aromatic rings. The van der Waals surface area contributed by atoms with Crippen LogP contribution in [0.5, 0.6) is 0 Å². The molecule has 0 aliphatic rings. The number of hydrogen-bond donors (Lipinski definition) is 0. The molecule has 0 N–H and O–H groups in total. The largest absolute Gasteiger partial charge is 0.0843 e. The maximum Gasteiger partial charge on any atom is 0.0412 e. The first-order chi connectivity index (χ1) is 5.27. The van der Waals surface area contributed by atoms with Crippen molar-refractivity contribution in [1.29, 1.82) is 0 Å². The van der Waals surface area contributed by atoms with Gasteiger partial charge in [0.1, 0.15) is 0 Å². The van der Waals surface area contributed by atoms with Crippen molar-refractivity contribution in [2.45, 2.75) is 13.8 Å². The van der Waals surface area contributed by atoms with Crippen LogP contribution in [0.1, 0.15) is 13.8 Å². The Kier molecular flexibility index (Phi) is 2.72. The minimum absolute atomic E-state index is 0.795. The van der Waals surface area contributed by atoms with Crippen LogP contribution in [0.25, 0.3) is 12.2 Å². The van der Waals surface area contributed by atoms with E-state index in [2.05, 4.69) is 12.2 Å². The van der Waals surface area contributed by atoms with Gasteiger partial charge in [0.2, 0.25) is 0 Å². The molecule has 1 rings (SSSR count). The summed E-state index contributed by atoms with van der Waals surface area (Å²) in [5, 5.41) is 3.22. The minimum Gasteiger partial charge on any atom is -0.0843 e. The van der Waals surface area contributed by atoms with Crippen LogP contribution in [0.4, 0.5) is 0 Å². The molecule has 0 heterocycles. The normalized spacial score (nSPS) is 14.1. The molecular weight excluding hydrogens is 156 g/mol. The Labute approximate surface area is 71.8 Å². The highest BCUT2D eigenvalue weighted by atomic mass is 35.5. The zero-order valence-corrected chi connectivity index (χ0v) is 7.52. The molecule has 0 aromatic heterocycles. The summed E-state index contributed by atoms with van der Waals surface area (Å²) in [6, 6.07) is 5.90. The van der Waals surface area contributed by atoms with Crippen molar-refractivity contribution in [3.8, 4) is 0 Å². The molecule has 0 saturated carbocycles. The lowest BCUT2D eigenvalue weighted by Gasteiger charge is -1.90. The maximum atomic E-state index is 5.82. The minimum atomic E-state index is 0.795. The van der Waals surface area contributed by atoms with Gasteiger partial charge in [0.15, 0.2) is 0 Å². The van der Waals surface area contributed by atoms with Crippen molar-refractivity contribution < 1.29 is 0 Å². The van der Waals surface area contributed by atoms with E-state index in [1.807, 2.05) is 32.0 Å². The molecule has 0 amide bonds. The van der Waals surface area contributed by atoms with Crippen LogP contribution in [0, 0.1) is 0 Å². The Balaban J connectivity index is 3.55. The van der Waals surface area contributed by atoms with Gasteiger partial charge in [-0.05, 0) is 36.4 Å². The maximum absolute atomic E-state index is 5.82. The van der Waals surface area contributed by atoms with Crippen LogP contribution in [0.2, 0.25) is 5.02 Å². The van der Waals surface area contributed by atoms with E-state index in [4.69, 9.17) is 11.6 Å². The molecule has 0 fully saturated rings. The highest BCUT2D eigenvalue weighted by Crippen LogP contribution is 1.99. The lowest BCUT2D eigenvalue weighted by Crippen LogP contribution is -2.22. The third kappa shape index (κ3) is 1.84. The summed E-state index contributed by atoms with van der Waals surface area (Å²) in [7, 11) is 0. The average Bonchev–Trinajstić information content (AvgIpc) is 2.04. The van der Waals surface area contributed by atoms with E-state index >= 15 is 0 Å². The molecule has 0 radical (unpaired) electrons. The van der Waals surface area contributed by atoms with E-state index in [1.165, 1.54) is 10.4 Å². The zero-order chi connectivity index (χ0) is 8.27. The van der Waals surface area contributed by atoms with Crippen LogP contribution in [-0.2, 0) is 0 Å². The third-order valence-corrected chi connectivity index (χ3v) is 1.91. The van der Waals surface area contributed by atoms with E-state index in [0.717, 1.165) is 5.02 Å². The summed E-state index contributed by atoms with van der Waals surface area (Å²) < 4.78 is 0. The lowest BCUT2D eigenvalue weighted by atomic mass is 10.2. The van der Waals surface area contributed by atoms with Gasteiger partial charge in [-0.3, -0.25) is 0 Å².